The second kappa shape index (κ2) is 6.95. The maximum Gasteiger partial charge on any atom is 0.315 e. The van der Waals surface area contributed by atoms with E-state index in [1.807, 2.05) is 0 Å². The second-order valence-electron chi connectivity index (χ2n) is 6.87. The number of carbonyl (C=O) groups is 2. The van der Waals surface area contributed by atoms with Crippen LogP contribution in [0.1, 0.15) is 53.4 Å². The van der Waals surface area contributed by atoms with Gasteiger partial charge in [0.05, 0.1) is 5.92 Å². The van der Waals surface area contributed by atoms with Crippen molar-refractivity contribution in [3.63, 3.8) is 0 Å². The molecule has 3 N–H and O–H groups in total. The molecule has 0 saturated heterocycles. The Morgan fingerprint density at radius 1 is 1.30 bits per heavy atom. The van der Waals surface area contributed by atoms with Crippen LogP contribution in [0.2, 0.25) is 0 Å². The standard InChI is InChI=1S/C15H28N2O3/c1-10(2)15(3,4)9-16-14(20)17-12-7-5-6-11(8-12)13(18)19/h10-12H,5-9H2,1-4H3,(H,18,19)(H2,16,17,20). The molecule has 2 amide bonds. The van der Waals surface area contributed by atoms with Crippen molar-refractivity contribution in [1.29, 1.82) is 0 Å². The molecule has 0 aliphatic heterocycles. The smallest absolute Gasteiger partial charge is 0.315 e. The van der Waals surface area contributed by atoms with Gasteiger partial charge in [0.1, 0.15) is 0 Å². The van der Waals surface area contributed by atoms with E-state index in [9.17, 15) is 9.59 Å². The molecule has 20 heavy (non-hydrogen) atoms. The van der Waals surface area contributed by atoms with Crippen LogP contribution in [-0.2, 0) is 4.79 Å². The van der Waals surface area contributed by atoms with Gasteiger partial charge in [0.25, 0.3) is 0 Å². The highest BCUT2D eigenvalue weighted by atomic mass is 16.4. The van der Waals surface area contributed by atoms with Gasteiger partial charge in [-0.15, -0.1) is 0 Å². The quantitative estimate of drug-likeness (QED) is 0.726. The molecule has 2 unspecified atom stereocenters. The van der Waals surface area contributed by atoms with Crippen molar-refractivity contribution >= 4 is 12.0 Å². The molecular weight excluding hydrogens is 256 g/mol. The van der Waals surface area contributed by atoms with E-state index < -0.39 is 5.97 Å². The Hall–Kier alpha value is -1.26. The molecule has 1 rings (SSSR count). The lowest BCUT2D eigenvalue weighted by molar-refractivity contribution is -0.143. The maximum atomic E-state index is 11.9. The summed E-state index contributed by atoms with van der Waals surface area (Å²) >= 11 is 0. The Morgan fingerprint density at radius 2 is 1.95 bits per heavy atom. The van der Waals surface area contributed by atoms with Crippen LogP contribution >= 0.6 is 0 Å². The lowest BCUT2D eigenvalue weighted by atomic mass is 9.81. The molecule has 0 bridgehead atoms. The average molecular weight is 284 g/mol. The molecule has 0 spiro atoms. The van der Waals surface area contributed by atoms with Gasteiger partial charge in [-0.25, -0.2) is 4.79 Å². The van der Waals surface area contributed by atoms with E-state index in [-0.39, 0.29) is 23.4 Å². The molecule has 5 heteroatoms. The number of carboxylic acid groups (broad SMARTS) is 1. The van der Waals surface area contributed by atoms with Gasteiger partial charge in [-0.3, -0.25) is 4.79 Å². The highest BCUT2D eigenvalue weighted by Crippen LogP contribution is 2.25. The Morgan fingerprint density at radius 3 is 2.50 bits per heavy atom. The largest absolute Gasteiger partial charge is 0.481 e. The van der Waals surface area contributed by atoms with Gasteiger partial charge in [-0.05, 0) is 30.6 Å². The number of rotatable bonds is 5. The van der Waals surface area contributed by atoms with E-state index in [4.69, 9.17) is 5.11 Å². The second-order valence-corrected chi connectivity index (χ2v) is 6.87. The summed E-state index contributed by atoms with van der Waals surface area (Å²) in [6, 6.07) is -0.207. The van der Waals surface area contributed by atoms with Crippen LogP contribution in [0.15, 0.2) is 0 Å². The fourth-order valence-electron chi connectivity index (χ4n) is 2.29. The van der Waals surface area contributed by atoms with E-state index in [0.717, 1.165) is 19.3 Å². The lowest BCUT2D eigenvalue weighted by Gasteiger charge is -2.31. The van der Waals surface area contributed by atoms with Gasteiger partial charge in [0.2, 0.25) is 0 Å². The lowest BCUT2D eigenvalue weighted by Crippen LogP contribution is -2.47. The van der Waals surface area contributed by atoms with E-state index in [0.29, 0.717) is 18.9 Å². The van der Waals surface area contributed by atoms with Crippen LogP contribution in [-0.4, -0.2) is 29.7 Å². The number of hydrogen-bond acceptors (Lipinski definition) is 2. The summed E-state index contributed by atoms with van der Waals surface area (Å²) in [6.07, 6.45) is 2.98. The van der Waals surface area contributed by atoms with Gasteiger partial charge in [0.15, 0.2) is 0 Å². The van der Waals surface area contributed by atoms with Crippen molar-refractivity contribution in [3.8, 4) is 0 Å². The van der Waals surface area contributed by atoms with E-state index in [1.165, 1.54) is 0 Å². The van der Waals surface area contributed by atoms with Crippen LogP contribution in [0.3, 0.4) is 0 Å². The molecule has 0 heterocycles. The number of urea groups is 1. The number of hydrogen-bond donors (Lipinski definition) is 3. The topological polar surface area (TPSA) is 78.4 Å². The first-order chi connectivity index (χ1) is 9.22. The molecule has 0 aromatic heterocycles. The van der Waals surface area contributed by atoms with Gasteiger partial charge < -0.3 is 15.7 Å². The zero-order valence-corrected chi connectivity index (χ0v) is 13.0. The van der Waals surface area contributed by atoms with Gasteiger partial charge in [-0.2, -0.15) is 0 Å². The first kappa shape index (κ1) is 16.8. The van der Waals surface area contributed by atoms with Crippen LogP contribution < -0.4 is 10.6 Å². The Balaban J connectivity index is 2.37. The van der Waals surface area contributed by atoms with Gasteiger partial charge in [0, 0.05) is 12.6 Å². The molecule has 0 aromatic carbocycles. The fourth-order valence-corrected chi connectivity index (χ4v) is 2.29. The van der Waals surface area contributed by atoms with Crippen molar-refractivity contribution in [2.75, 3.05) is 6.54 Å². The molecule has 1 aliphatic rings. The summed E-state index contributed by atoms with van der Waals surface area (Å²) in [4.78, 5) is 22.9. The van der Waals surface area contributed by atoms with Crippen molar-refractivity contribution in [1.82, 2.24) is 10.6 Å². The minimum absolute atomic E-state index is 0.0213. The van der Waals surface area contributed by atoms with Gasteiger partial charge in [-0.1, -0.05) is 34.1 Å². The molecule has 116 valence electrons. The monoisotopic (exact) mass is 284 g/mol. The highest BCUT2D eigenvalue weighted by Gasteiger charge is 2.28. The fraction of sp³-hybridized carbons (Fsp3) is 0.867. The Bertz CT molecular complexity index is 353. The van der Waals surface area contributed by atoms with E-state index in [1.54, 1.807) is 0 Å². The summed E-state index contributed by atoms with van der Waals surface area (Å²) < 4.78 is 0. The summed E-state index contributed by atoms with van der Waals surface area (Å²) in [5.41, 5.74) is 0.0491. The Labute approximate surface area is 121 Å². The van der Waals surface area contributed by atoms with Crippen molar-refractivity contribution in [2.24, 2.45) is 17.3 Å². The molecule has 5 nitrogen and oxygen atoms in total. The molecule has 0 aromatic rings. The summed E-state index contributed by atoms with van der Waals surface area (Å²) in [5.74, 6) is -0.590. The first-order valence-corrected chi connectivity index (χ1v) is 7.49. The van der Waals surface area contributed by atoms with Crippen molar-refractivity contribution < 1.29 is 14.7 Å². The number of amides is 2. The van der Waals surface area contributed by atoms with Crippen LogP contribution in [0.4, 0.5) is 4.79 Å². The first-order valence-electron chi connectivity index (χ1n) is 7.49. The predicted octanol–water partition coefficient (Wildman–Crippen LogP) is 2.61. The van der Waals surface area contributed by atoms with Crippen LogP contribution in [0.5, 0.6) is 0 Å². The molecule has 0 radical (unpaired) electrons. The molecular formula is C15H28N2O3. The number of aliphatic carboxylic acids is 1. The predicted molar refractivity (Wildman–Crippen MR) is 78.5 cm³/mol. The van der Waals surface area contributed by atoms with E-state index >= 15 is 0 Å². The molecule has 1 aliphatic carbocycles. The molecule has 1 saturated carbocycles. The highest BCUT2D eigenvalue weighted by molar-refractivity contribution is 5.74. The van der Waals surface area contributed by atoms with E-state index in [2.05, 4.69) is 38.3 Å². The average Bonchev–Trinajstić information content (AvgIpc) is 2.36. The Kier molecular flexibility index (Phi) is 5.84. The minimum Gasteiger partial charge on any atom is -0.481 e. The van der Waals surface area contributed by atoms with Crippen LogP contribution in [0.25, 0.3) is 0 Å². The summed E-state index contributed by atoms with van der Waals surface area (Å²) in [7, 11) is 0. The SMILES string of the molecule is CC(C)C(C)(C)CNC(=O)NC1CCCC(C(=O)O)C1. The zero-order chi connectivity index (χ0) is 15.3. The molecule has 2 atom stereocenters. The third-order valence-corrected chi connectivity index (χ3v) is 4.63. The number of carbonyl (C=O) groups excluding carboxylic acids is 1. The van der Waals surface area contributed by atoms with Crippen molar-refractivity contribution in [2.45, 2.75) is 59.4 Å². The summed E-state index contributed by atoms with van der Waals surface area (Å²) in [5, 5.41) is 14.8. The van der Waals surface area contributed by atoms with Crippen molar-refractivity contribution in [3.05, 3.63) is 0 Å². The van der Waals surface area contributed by atoms with Gasteiger partial charge >= 0.3 is 12.0 Å². The normalized spacial score (nSPS) is 23.4. The minimum atomic E-state index is -0.752. The number of nitrogens with one attached hydrogen (secondary N) is 2. The third kappa shape index (κ3) is 5.02. The third-order valence-electron chi connectivity index (χ3n) is 4.63. The molecule has 1 fully saturated rings. The summed E-state index contributed by atoms with van der Waals surface area (Å²) in [6.45, 7) is 9.14. The zero-order valence-electron chi connectivity index (χ0n) is 13.0. The number of carboxylic acids is 1. The van der Waals surface area contributed by atoms with Crippen LogP contribution in [0, 0.1) is 17.3 Å². The maximum absolute atomic E-state index is 11.9.